The van der Waals surface area contributed by atoms with Gasteiger partial charge in [0.15, 0.2) is 5.13 Å². The first-order chi connectivity index (χ1) is 7.70. The molecule has 16 heavy (non-hydrogen) atoms. The van der Waals surface area contributed by atoms with Crippen LogP contribution >= 0.6 is 22.7 Å². The third kappa shape index (κ3) is 2.31. The van der Waals surface area contributed by atoms with Crippen LogP contribution in [0.2, 0.25) is 0 Å². The summed E-state index contributed by atoms with van der Waals surface area (Å²) in [4.78, 5) is 18.0. The van der Waals surface area contributed by atoms with Crippen molar-refractivity contribution in [1.29, 1.82) is 0 Å². The number of thiazole rings is 1. The zero-order valence-corrected chi connectivity index (χ0v) is 10.7. The molecule has 0 saturated carbocycles. The number of aryl methyl sites for hydroxylation is 1. The number of thiophene rings is 1. The number of hydrogen-bond donors (Lipinski definition) is 1. The molecule has 2 aromatic heterocycles. The monoisotopic (exact) mass is 252 g/mol. The molecule has 0 aliphatic carbocycles. The molecule has 0 aliphatic heterocycles. The van der Waals surface area contributed by atoms with Crippen LogP contribution in [0, 0.1) is 6.92 Å². The Balaban J connectivity index is 2.26. The lowest BCUT2D eigenvalue weighted by atomic mass is 10.3. The number of anilines is 1. The van der Waals surface area contributed by atoms with Crippen LogP contribution in [0.1, 0.15) is 18.2 Å². The van der Waals surface area contributed by atoms with Crippen molar-refractivity contribution in [3.63, 3.8) is 0 Å². The molecule has 0 aromatic carbocycles. The molecule has 0 fully saturated rings. The van der Waals surface area contributed by atoms with Crippen molar-refractivity contribution in [2.75, 3.05) is 5.32 Å². The molecule has 1 N–H and O–H groups in total. The average molecular weight is 252 g/mol. The fourth-order valence-corrected chi connectivity index (χ4v) is 2.98. The van der Waals surface area contributed by atoms with Gasteiger partial charge in [0.1, 0.15) is 0 Å². The Morgan fingerprint density at radius 1 is 1.56 bits per heavy atom. The fraction of sp³-hybridized carbons (Fsp3) is 0.273. The van der Waals surface area contributed by atoms with E-state index < -0.39 is 0 Å². The predicted octanol–water partition coefficient (Wildman–Crippen LogP) is 3.53. The third-order valence-corrected chi connectivity index (χ3v) is 3.88. The van der Waals surface area contributed by atoms with Gasteiger partial charge in [0, 0.05) is 11.3 Å². The van der Waals surface area contributed by atoms with Gasteiger partial charge >= 0.3 is 0 Å². The van der Waals surface area contributed by atoms with E-state index in [1.165, 1.54) is 11.3 Å². The first kappa shape index (κ1) is 11.3. The topological polar surface area (TPSA) is 42.0 Å². The van der Waals surface area contributed by atoms with Crippen molar-refractivity contribution in [3.8, 4) is 10.6 Å². The maximum absolute atomic E-state index is 11.2. The molecule has 2 rings (SSSR count). The normalized spacial score (nSPS) is 10.4. The first-order valence-electron chi connectivity index (χ1n) is 5.02. The quantitative estimate of drug-likeness (QED) is 0.908. The van der Waals surface area contributed by atoms with Crippen LogP contribution in [0.4, 0.5) is 5.13 Å². The van der Waals surface area contributed by atoms with Gasteiger partial charge in [-0.2, -0.15) is 0 Å². The number of carbonyl (C=O) groups excluding carboxylic acids is 1. The van der Waals surface area contributed by atoms with Gasteiger partial charge in [-0.05, 0) is 18.4 Å². The zero-order valence-electron chi connectivity index (χ0n) is 9.11. The van der Waals surface area contributed by atoms with E-state index in [1.807, 2.05) is 31.4 Å². The van der Waals surface area contributed by atoms with Crippen molar-refractivity contribution in [2.24, 2.45) is 0 Å². The summed E-state index contributed by atoms with van der Waals surface area (Å²) in [7, 11) is 0. The highest BCUT2D eigenvalue weighted by Crippen LogP contribution is 2.32. The van der Waals surface area contributed by atoms with E-state index in [2.05, 4.69) is 10.3 Å². The van der Waals surface area contributed by atoms with Gasteiger partial charge in [-0.1, -0.05) is 13.0 Å². The summed E-state index contributed by atoms with van der Waals surface area (Å²) in [6, 6.07) is 4.04. The number of carbonyl (C=O) groups is 1. The summed E-state index contributed by atoms with van der Waals surface area (Å²) < 4.78 is 0. The van der Waals surface area contributed by atoms with Crippen LogP contribution in [0.15, 0.2) is 17.5 Å². The van der Waals surface area contributed by atoms with Crippen molar-refractivity contribution in [2.45, 2.75) is 20.3 Å². The standard InChI is InChI=1S/C11H12N2OS2/c1-3-9(14)12-11-13-10(7(2)16-11)8-5-4-6-15-8/h4-6H,3H2,1-2H3,(H,12,13,14). The first-order valence-corrected chi connectivity index (χ1v) is 6.71. The summed E-state index contributed by atoms with van der Waals surface area (Å²) in [5.41, 5.74) is 0.978. The van der Waals surface area contributed by atoms with Gasteiger partial charge in [0.25, 0.3) is 0 Å². The highest BCUT2D eigenvalue weighted by Gasteiger charge is 2.11. The Morgan fingerprint density at radius 2 is 2.38 bits per heavy atom. The molecule has 1 amide bonds. The van der Waals surface area contributed by atoms with Gasteiger partial charge in [-0.3, -0.25) is 4.79 Å². The minimum atomic E-state index is 0.00600. The van der Waals surface area contributed by atoms with Crippen molar-refractivity contribution < 1.29 is 4.79 Å². The molecule has 2 heterocycles. The summed E-state index contributed by atoms with van der Waals surface area (Å²) in [5, 5.41) is 5.50. The van der Waals surface area contributed by atoms with E-state index in [9.17, 15) is 4.79 Å². The molecule has 0 atom stereocenters. The molecule has 84 valence electrons. The van der Waals surface area contributed by atoms with E-state index in [0.29, 0.717) is 11.6 Å². The largest absolute Gasteiger partial charge is 0.302 e. The van der Waals surface area contributed by atoms with Gasteiger partial charge in [0.2, 0.25) is 5.91 Å². The van der Waals surface area contributed by atoms with E-state index >= 15 is 0 Å². The third-order valence-electron chi connectivity index (χ3n) is 2.12. The van der Waals surface area contributed by atoms with Gasteiger partial charge in [-0.15, -0.1) is 22.7 Å². The second-order valence-electron chi connectivity index (χ2n) is 3.30. The van der Waals surface area contributed by atoms with E-state index in [1.54, 1.807) is 11.3 Å². The van der Waals surface area contributed by atoms with Crippen molar-refractivity contribution in [1.82, 2.24) is 4.98 Å². The second-order valence-corrected chi connectivity index (χ2v) is 5.45. The van der Waals surface area contributed by atoms with Crippen LogP contribution in [-0.4, -0.2) is 10.9 Å². The number of nitrogens with zero attached hydrogens (tertiary/aromatic N) is 1. The lowest BCUT2D eigenvalue weighted by molar-refractivity contribution is -0.115. The molecular weight excluding hydrogens is 240 g/mol. The smallest absolute Gasteiger partial charge is 0.225 e. The van der Waals surface area contributed by atoms with Crippen LogP contribution in [-0.2, 0) is 4.79 Å². The Kier molecular flexibility index (Phi) is 3.36. The lowest BCUT2D eigenvalue weighted by Gasteiger charge is -1.95. The average Bonchev–Trinajstić information content (AvgIpc) is 2.87. The number of rotatable bonds is 3. The van der Waals surface area contributed by atoms with Crippen LogP contribution in [0.25, 0.3) is 10.6 Å². The molecule has 5 heteroatoms. The minimum absolute atomic E-state index is 0.00600. The molecule has 0 radical (unpaired) electrons. The van der Waals surface area contributed by atoms with Gasteiger partial charge < -0.3 is 5.32 Å². The maximum Gasteiger partial charge on any atom is 0.225 e. The van der Waals surface area contributed by atoms with Crippen molar-refractivity contribution >= 4 is 33.7 Å². The Morgan fingerprint density at radius 3 is 3.00 bits per heavy atom. The summed E-state index contributed by atoms with van der Waals surface area (Å²) in [5.74, 6) is 0.00600. The van der Waals surface area contributed by atoms with E-state index in [0.717, 1.165) is 15.4 Å². The molecule has 0 saturated heterocycles. The minimum Gasteiger partial charge on any atom is -0.302 e. The molecule has 0 bridgehead atoms. The molecular formula is C11H12N2OS2. The van der Waals surface area contributed by atoms with Crippen LogP contribution in [0.5, 0.6) is 0 Å². The molecule has 0 aliphatic rings. The van der Waals surface area contributed by atoms with Gasteiger partial charge in [-0.25, -0.2) is 4.98 Å². The Hall–Kier alpha value is -1.20. The zero-order chi connectivity index (χ0) is 11.5. The van der Waals surface area contributed by atoms with E-state index in [-0.39, 0.29) is 5.91 Å². The fourth-order valence-electron chi connectivity index (χ4n) is 1.30. The number of nitrogens with one attached hydrogen (secondary N) is 1. The second kappa shape index (κ2) is 4.76. The van der Waals surface area contributed by atoms with E-state index in [4.69, 9.17) is 0 Å². The number of hydrogen-bond acceptors (Lipinski definition) is 4. The molecule has 0 spiro atoms. The molecule has 2 aromatic rings. The highest BCUT2D eigenvalue weighted by atomic mass is 32.1. The summed E-state index contributed by atoms with van der Waals surface area (Å²) in [6.45, 7) is 3.85. The summed E-state index contributed by atoms with van der Waals surface area (Å²) in [6.07, 6.45) is 0.479. The molecule has 3 nitrogen and oxygen atoms in total. The number of aromatic nitrogens is 1. The Labute approximate surface area is 102 Å². The Bertz CT molecular complexity index is 488. The number of amides is 1. The molecule has 0 unspecified atom stereocenters. The van der Waals surface area contributed by atoms with Crippen LogP contribution in [0.3, 0.4) is 0 Å². The predicted molar refractivity (Wildman–Crippen MR) is 69.1 cm³/mol. The van der Waals surface area contributed by atoms with Crippen LogP contribution < -0.4 is 5.32 Å². The summed E-state index contributed by atoms with van der Waals surface area (Å²) >= 11 is 3.18. The van der Waals surface area contributed by atoms with Crippen molar-refractivity contribution in [3.05, 3.63) is 22.4 Å². The highest BCUT2D eigenvalue weighted by molar-refractivity contribution is 7.17. The van der Waals surface area contributed by atoms with Gasteiger partial charge in [0.05, 0.1) is 10.6 Å². The SMILES string of the molecule is CCC(=O)Nc1nc(-c2cccs2)c(C)s1. The lowest BCUT2D eigenvalue weighted by Crippen LogP contribution is -2.08. The maximum atomic E-state index is 11.2.